The number of pyridine rings is 2. The average molecular weight is 589 g/mol. The first-order chi connectivity index (χ1) is 20.6. The third-order valence-corrected chi connectivity index (χ3v) is 12.1. The molecular formula is C35H44N2O6. The zero-order valence-electron chi connectivity index (χ0n) is 25.8. The van der Waals surface area contributed by atoms with Crippen molar-refractivity contribution >= 4 is 17.9 Å². The Morgan fingerprint density at radius 3 is 2.19 bits per heavy atom. The maximum Gasteiger partial charge on any atom is 0.340 e. The Bertz CT molecular complexity index is 1370. The Balaban J connectivity index is 1.36. The molecule has 4 saturated carbocycles. The van der Waals surface area contributed by atoms with E-state index in [9.17, 15) is 14.4 Å². The van der Waals surface area contributed by atoms with Gasteiger partial charge in [0, 0.05) is 36.1 Å². The van der Waals surface area contributed by atoms with Crippen LogP contribution < -0.4 is 0 Å². The zero-order chi connectivity index (χ0) is 30.5. The lowest BCUT2D eigenvalue weighted by atomic mass is 9.39. The van der Waals surface area contributed by atoms with Crippen LogP contribution >= 0.6 is 0 Å². The molecule has 0 saturated heterocycles. The van der Waals surface area contributed by atoms with Crippen molar-refractivity contribution in [1.29, 1.82) is 0 Å². The van der Waals surface area contributed by atoms with Crippen LogP contribution in [0.3, 0.4) is 0 Å². The first-order valence-electron chi connectivity index (χ1n) is 15.9. The summed E-state index contributed by atoms with van der Waals surface area (Å²) in [4.78, 5) is 48.3. The summed E-state index contributed by atoms with van der Waals surface area (Å²) in [7, 11) is 0. The topological polar surface area (TPSA) is 105 Å². The van der Waals surface area contributed by atoms with Gasteiger partial charge in [-0.1, -0.05) is 20.3 Å². The quantitative estimate of drug-likeness (QED) is 0.268. The fourth-order valence-corrected chi connectivity index (χ4v) is 10.4. The predicted molar refractivity (Wildman–Crippen MR) is 159 cm³/mol. The van der Waals surface area contributed by atoms with E-state index in [-0.39, 0.29) is 40.7 Å². The summed E-state index contributed by atoms with van der Waals surface area (Å²) < 4.78 is 18.1. The molecule has 6 rings (SSSR count). The van der Waals surface area contributed by atoms with E-state index >= 15 is 0 Å². The predicted octanol–water partition coefficient (Wildman–Crippen LogP) is 6.45. The highest BCUT2D eigenvalue weighted by atomic mass is 16.6. The number of carbonyl (C=O) groups excluding carboxylic acids is 3. The number of nitrogens with zero attached hydrogens (tertiary/aromatic N) is 2. The smallest absolute Gasteiger partial charge is 0.340 e. The molecule has 0 radical (unpaired) electrons. The van der Waals surface area contributed by atoms with Gasteiger partial charge in [-0.05, 0) is 106 Å². The van der Waals surface area contributed by atoms with Crippen molar-refractivity contribution in [3.63, 3.8) is 0 Å². The molecule has 8 heteroatoms. The van der Waals surface area contributed by atoms with Gasteiger partial charge < -0.3 is 14.2 Å². The molecule has 1 spiro atoms. The van der Waals surface area contributed by atoms with Gasteiger partial charge in [-0.25, -0.2) is 9.59 Å². The molecular weight excluding hydrogens is 544 g/mol. The number of aromatic nitrogens is 2. The lowest BCUT2D eigenvalue weighted by Crippen LogP contribution is -2.60. The van der Waals surface area contributed by atoms with Gasteiger partial charge in [-0.3, -0.25) is 14.8 Å². The van der Waals surface area contributed by atoms with Gasteiger partial charge in [0.05, 0.1) is 29.8 Å². The molecule has 4 aliphatic rings. The molecule has 2 unspecified atom stereocenters. The van der Waals surface area contributed by atoms with E-state index in [2.05, 4.69) is 30.7 Å². The van der Waals surface area contributed by atoms with E-state index < -0.39 is 23.5 Å². The molecule has 2 bridgehead atoms. The molecule has 43 heavy (non-hydrogen) atoms. The average Bonchev–Trinajstić information content (AvgIpc) is 3.17. The van der Waals surface area contributed by atoms with Crippen molar-refractivity contribution in [2.75, 3.05) is 13.2 Å². The lowest BCUT2D eigenvalue weighted by molar-refractivity contribution is -0.193. The van der Waals surface area contributed by atoms with E-state index in [1.54, 1.807) is 36.7 Å². The van der Waals surface area contributed by atoms with E-state index in [0.717, 1.165) is 51.4 Å². The Morgan fingerprint density at radius 2 is 1.53 bits per heavy atom. The van der Waals surface area contributed by atoms with Crippen molar-refractivity contribution in [3.05, 3.63) is 60.2 Å². The second-order valence-electron chi connectivity index (χ2n) is 14.3. The van der Waals surface area contributed by atoms with Crippen LogP contribution in [0.2, 0.25) is 0 Å². The van der Waals surface area contributed by atoms with Crippen molar-refractivity contribution in [3.8, 4) is 0 Å². The molecule has 0 N–H and O–H groups in total. The summed E-state index contributed by atoms with van der Waals surface area (Å²) in [5, 5.41) is 0. The fourth-order valence-electron chi connectivity index (χ4n) is 10.4. The molecule has 8 nitrogen and oxygen atoms in total. The van der Waals surface area contributed by atoms with Gasteiger partial charge in [0.1, 0.15) is 6.10 Å². The van der Waals surface area contributed by atoms with Gasteiger partial charge in [0.2, 0.25) is 0 Å². The molecule has 8 atom stereocenters. The number of hydrogen-bond acceptors (Lipinski definition) is 8. The number of fused-ring (bicyclic) bond motifs is 3. The molecule has 0 amide bonds. The molecule has 4 aliphatic carbocycles. The Hall–Kier alpha value is -3.29. The highest BCUT2D eigenvalue weighted by Gasteiger charge is 2.72. The molecule has 230 valence electrons. The van der Waals surface area contributed by atoms with Gasteiger partial charge in [0.25, 0.3) is 0 Å². The van der Waals surface area contributed by atoms with E-state index in [4.69, 9.17) is 14.2 Å². The highest BCUT2D eigenvalue weighted by molar-refractivity contribution is 5.89. The summed E-state index contributed by atoms with van der Waals surface area (Å²) in [5.41, 5.74) is -0.199. The van der Waals surface area contributed by atoms with E-state index in [0.29, 0.717) is 23.7 Å². The van der Waals surface area contributed by atoms with Crippen molar-refractivity contribution in [2.45, 2.75) is 85.2 Å². The third kappa shape index (κ3) is 4.76. The number of ether oxygens (including phenoxy) is 3. The number of carbonyl (C=O) groups is 3. The van der Waals surface area contributed by atoms with Crippen LogP contribution in [0, 0.1) is 39.4 Å². The van der Waals surface area contributed by atoms with E-state index in [1.807, 2.05) is 6.92 Å². The first-order valence-corrected chi connectivity index (χ1v) is 15.9. The second kappa shape index (κ2) is 11.0. The Labute approximate surface area is 254 Å². The third-order valence-electron chi connectivity index (χ3n) is 12.1. The van der Waals surface area contributed by atoms with Gasteiger partial charge in [0.15, 0.2) is 0 Å². The normalized spacial score (nSPS) is 37.9. The zero-order valence-corrected chi connectivity index (χ0v) is 25.8. The minimum absolute atomic E-state index is 0.0702. The highest BCUT2D eigenvalue weighted by Crippen LogP contribution is 2.75. The SMILES string of the molecule is CCOC(=O)[C@]1(C)CCC[C@@]2(C)C3CC[C@@]4(C)C[C@]3(CCC21)[C@H](COC(=O)c1cccnc1)[C@H]4OC(=O)c1cccnc1. The first kappa shape index (κ1) is 29.8. The van der Waals surface area contributed by atoms with Gasteiger partial charge in [-0.2, -0.15) is 0 Å². The Morgan fingerprint density at radius 1 is 0.860 bits per heavy atom. The molecule has 2 aromatic rings. The standard InChI is InChI=1S/C35H44N2O6/c1-5-41-31(40)34(4)14-8-13-33(3)26(34)12-16-35-22-32(2,15-11-27(33)35)28(43-30(39)24-10-7-18-37-20-24)25(35)21-42-29(38)23-9-6-17-36-19-23/h6-7,9-10,17-20,25-28H,5,8,11-16,21-22H2,1-4H3/t25-,26?,27?,28-,32+,33-,34-,35-/m1/s1. The van der Waals surface area contributed by atoms with Crippen LogP contribution in [0.15, 0.2) is 49.1 Å². The van der Waals surface area contributed by atoms with Crippen LogP contribution in [-0.4, -0.2) is 47.2 Å². The van der Waals surface area contributed by atoms with E-state index in [1.165, 1.54) is 12.4 Å². The lowest BCUT2D eigenvalue weighted by Gasteiger charge is -2.64. The van der Waals surface area contributed by atoms with Crippen LogP contribution in [0.25, 0.3) is 0 Å². The maximum atomic E-state index is 13.5. The molecule has 0 aliphatic heterocycles. The summed E-state index contributed by atoms with van der Waals surface area (Å²) in [6, 6.07) is 6.88. The maximum absolute atomic E-state index is 13.5. The van der Waals surface area contributed by atoms with Crippen molar-refractivity contribution in [2.24, 2.45) is 39.4 Å². The van der Waals surface area contributed by atoms with Crippen molar-refractivity contribution in [1.82, 2.24) is 9.97 Å². The second-order valence-corrected chi connectivity index (χ2v) is 14.3. The number of hydrogen-bond donors (Lipinski definition) is 0. The molecule has 4 fully saturated rings. The monoisotopic (exact) mass is 588 g/mol. The van der Waals surface area contributed by atoms with Crippen LogP contribution in [0.5, 0.6) is 0 Å². The molecule has 2 heterocycles. The largest absolute Gasteiger partial charge is 0.466 e. The van der Waals surface area contributed by atoms with Gasteiger partial charge >= 0.3 is 17.9 Å². The van der Waals surface area contributed by atoms with Crippen LogP contribution in [0.4, 0.5) is 0 Å². The Kier molecular flexibility index (Phi) is 7.62. The molecule has 2 aromatic heterocycles. The van der Waals surface area contributed by atoms with Gasteiger partial charge in [-0.15, -0.1) is 0 Å². The fraction of sp³-hybridized carbons (Fsp3) is 0.629. The summed E-state index contributed by atoms with van der Waals surface area (Å²) in [6.45, 7) is 9.20. The molecule has 0 aromatic carbocycles. The minimum atomic E-state index is -0.515. The van der Waals surface area contributed by atoms with Crippen LogP contribution in [0.1, 0.15) is 99.8 Å². The van der Waals surface area contributed by atoms with Crippen molar-refractivity contribution < 1.29 is 28.6 Å². The van der Waals surface area contributed by atoms with Crippen LogP contribution in [-0.2, 0) is 19.0 Å². The summed E-state index contributed by atoms with van der Waals surface area (Å²) >= 11 is 0. The number of esters is 3. The minimum Gasteiger partial charge on any atom is -0.466 e. The summed E-state index contributed by atoms with van der Waals surface area (Å²) in [5.74, 6) is -0.527. The number of rotatable bonds is 7. The summed E-state index contributed by atoms with van der Waals surface area (Å²) in [6.07, 6.45) is 13.4.